The molecule has 1 saturated heterocycles. The van der Waals surface area contributed by atoms with Gasteiger partial charge in [-0.25, -0.2) is 0 Å². The SMILES string of the molecule is CC1CC(C)(C)N(CCCl)C2=CC=CCC21. The highest BCUT2D eigenvalue weighted by Crippen LogP contribution is 2.43. The highest BCUT2D eigenvalue weighted by atomic mass is 35.5. The minimum atomic E-state index is 0.252. The number of fused-ring (bicyclic) bond motifs is 1. The number of hydrogen-bond donors (Lipinski definition) is 0. The van der Waals surface area contributed by atoms with E-state index in [0.717, 1.165) is 12.5 Å². The number of alkyl halides is 1. The van der Waals surface area contributed by atoms with Crippen LogP contribution in [0.3, 0.4) is 0 Å². The molecule has 2 aliphatic rings. The number of nitrogens with zero attached hydrogens (tertiary/aromatic N) is 1. The number of piperidine rings is 1. The van der Waals surface area contributed by atoms with Crippen LogP contribution in [0.5, 0.6) is 0 Å². The van der Waals surface area contributed by atoms with Crippen molar-refractivity contribution in [1.29, 1.82) is 0 Å². The lowest BCUT2D eigenvalue weighted by Crippen LogP contribution is -2.52. The molecular formula is C14H22ClN. The third kappa shape index (κ3) is 2.02. The molecular weight excluding hydrogens is 218 g/mol. The summed E-state index contributed by atoms with van der Waals surface area (Å²) in [5, 5.41) is 0. The summed E-state index contributed by atoms with van der Waals surface area (Å²) in [5.74, 6) is 2.20. The number of allylic oxidation sites excluding steroid dienone is 4. The highest BCUT2D eigenvalue weighted by molar-refractivity contribution is 6.18. The van der Waals surface area contributed by atoms with Crippen molar-refractivity contribution >= 4 is 11.6 Å². The predicted octanol–water partition coefficient (Wildman–Crippen LogP) is 3.81. The smallest absolute Gasteiger partial charge is 0.0399 e. The number of likely N-dealkylation sites (tertiary alicyclic amines) is 1. The van der Waals surface area contributed by atoms with Gasteiger partial charge in [0.05, 0.1) is 0 Å². The topological polar surface area (TPSA) is 3.24 Å². The summed E-state index contributed by atoms with van der Waals surface area (Å²) in [6, 6.07) is 0. The van der Waals surface area contributed by atoms with E-state index in [2.05, 4.69) is 43.9 Å². The summed E-state index contributed by atoms with van der Waals surface area (Å²) in [4.78, 5) is 2.52. The van der Waals surface area contributed by atoms with E-state index in [-0.39, 0.29) is 5.54 Å². The third-order valence-corrected chi connectivity index (χ3v) is 4.20. The molecule has 0 radical (unpaired) electrons. The second kappa shape index (κ2) is 4.44. The Balaban J connectivity index is 2.31. The van der Waals surface area contributed by atoms with Gasteiger partial charge in [0.15, 0.2) is 0 Å². The zero-order valence-electron chi connectivity index (χ0n) is 10.5. The van der Waals surface area contributed by atoms with Gasteiger partial charge in [-0.1, -0.05) is 19.1 Å². The molecule has 2 unspecified atom stereocenters. The molecule has 2 atom stereocenters. The van der Waals surface area contributed by atoms with Gasteiger partial charge in [0.1, 0.15) is 0 Å². The van der Waals surface area contributed by atoms with Gasteiger partial charge in [-0.3, -0.25) is 0 Å². The lowest BCUT2D eigenvalue weighted by molar-refractivity contribution is 0.0646. The lowest BCUT2D eigenvalue weighted by atomic mass is 9.72. The van der Waals surface area contributed by atoms with Gasteiger partial charge >= 0.3 is 0 Å². The molecule has 1 aliphatic heterocycles. The number of hydrogen-bond acceptors (Lipinski definition) is 1. The van der Waals surface area contributed by atoms with Crippen molar-refractivity contribution in [2.75, 3.05) is 12.4 Å². The van der Waals surface area contributed by atoms with E-state index in [1.807, 2.05) is 0 Å². The zero-order valence-corrected chi connectivity index (χ0v) is 11.3. The third-order valence-electron chi connectivity index (χ3n) is 4.03. The van der Waals surface area contributed by atoms with Crippen LogP contribution in [0.2, 0.25) is 0 Å². The fourth-order valence-electron chi connectivity index (χ4n) is 3.36. The molecule has 0 aromatic rings. The average molecular weight is 240 g/mol. The molecule has 90 valence electrons. The Morgan fingerprint density at radius 1 is 1.50 bits per heavy atom. The second-order valence-electron chi connectivity index (χ2n) is 5.70. The molecule has 0 aromatic carbocycles. The zero-order chi connectivity index (χ0) is 11.8. The van der Waals surface area contributed by atoms with Crippen molar-refractivity contribution in [3.63, 3.8) is 0 Å². The van der Waals surface area contributed by atoms with Gasteiger partial charge in [-0.2, -0.15) is 0 Å². The monoisotopic (exact) mass is 239 g/mol. The quantitative estimate of drug-likeness (QED) is 0.663. The van der Waals surface area contributed by atoms with Gasteiger partial charge < -0.3 is 4.90 Å². The first kappa shape index (κ1) is 12.0. The summed E-state index contributed by atoms with van der Waals surface area (Å²) in [5.41, 5.74) is 1.76. The molecule has 2 rings (SSSR count). The van der Waals surface area contributed by atoms with Crippen LogP contribution < -0.4 is 0 Å². The predicted molar refractivity (Wildman–Crippen MR) is 70.6 cm³/mol. The van der Waals surface area contributed by atoms with Crippen LogP contribution in [-0.4, -0.2) is 22.9 Å². The molecule has 2 heteroatoms. The van der Waals surface area contributed by atoms with Crippen LogP contribution in [0.1, 0.15) is 33.6 Å². The fourth-order valence-corrected chi connectivity index (χ4v) is 3.53. The van der Waals surface area contributed by atoms with Gasteiger partial charge in [0.25, 0.3) is 0 Å². The maximum atomic E-state index is 5.94. The molecule has 0 amide bonds. The first-order valence-electron chi connectivity index (χ1n) is 6.26. The van der Waals surface area contributed by atoms with Crippen molar-refractivity contribution in [2.24, 2.45) is 11.8 Å². The summed E-state index contributed by atoms with van der Waals surface area (Å²) in [6.45, 7) is 8.03. The highest BCUT2D eigenvalue weighted by Gasteiger charge is 2.40. The largest absolute Gasteiger partial charge is 0.368 e. The van der Waals surface area contributed by atoms with Crippen LogP contribution in [0.15, 0.2) is 23.9 Å². The Kier molecular flexibility index (Phi) is 3.34. The Morgan fingerprint density at radius 2 is 2.25 bits per heavy atom. The summed E-state index contributed by atoms with van der Waals surface area (Å²) >= 11 is 5.94. The van der Waals surface area contributed by atoms with Crippen LogP contribution in [0, 0.1) is 11.8 Å². The fraction of sp³-hybridized carbons (Fsp3) is 0.714. The Hall–Kier alpha value is -0.430. The second-order valence-corrected chi connectivity index (χ2v) is 6.07. The van der Waals surface area contributed by atoms with Crippen LogP contribution in [0.4, 0.5) is 0 Å². The first-order chi connectivity index (χ1) is 7.56. The summed E-state index contributed by atoms with van der Waals surface area (Å²) in [7, 11) is 0. The van der Waals surface area contributed by atoms with Crippen LogP contribution in [-0.2, 0) is 0 Å². The van der Waals surface area contributed by atoms with E-state index in [1.165, 1.54) is 18.5 Å². The van der Waals surface area contributed by atoms with E-state index in [9.17, 15) is 0 Å². The summed E-state index contributed by atoms with van der Waals surface area (Å²) < 4.78 is 0. The number of rotatable bonds is 2. The maximum absolute atomic E-state index is 5.94. The van der Waals surface area contributed by atoms with E-state index in [0.29, 0.717) is 11.8 Å². The molecule has 1 heterocycles. The van der Waals surface area contributed by atoms with E-state index >= 15 is 0 Å². The van der Waals surface area contributed by atoms with Crippen LogP contribution >= 0.6 is 11.6 Å². The lowest BCUT2D eigenvalue weighted by Gasteiger charge is -2.52. The van der Waals surface area contributed by atoms with Crippen molar-refractivity contribution in [2.45, 2.75) is 39.2 Å². The molecule has 0 saturated carbocycles. The molecule has 1 aliphatic carbocycles. The summed E-state index contributed by atoms with van der Waals surface area (Å²) in [6.07, 6.45) is 9.24. The van der Waals surface area contributed by atoms with E-state index in [1.54, 1.807) is 0 Å². The molecule has 0 aromatic heterocycles. The Bertz CT molecular complexity index is 317. The van der Waals surface area contributed by atoms with Gasteiger partial charge in [-0.05, 0) is 38.7 Å². The van der Waals surface area contributed by atoms with Gasteiger partial charge in [-0.15, -0.1) is 11.6 Å². The van der Waals surface area contributed by atoms with Crippen LogP contribution in [0.25, 0.3) is 0 Å². The Morgan fingerprint density at radius 3 is 2.94 bits per heavy atom. The molecule has 0 spiro atoms. The molecule has 16 heavy (non-hydrogen) atoms. The minimum absolute atomic E-state index is 0.252. The molecule has 0 bridgehead atoms. The van der Waals surface area contributed by atoms with Gasteiger partial charge in [0.2, 0.25) is 0 Å². The van der Waals surface area contributed by atoms with E-state index < -0.39 is 0 Å². The maximum Gasteiger partial charge on any atom is 0.0399 e. The number of halogens is 1. The minimum Gasteiger partial charge on any atom is -0.368 e. The van der Waals surface area contributed by atoms with Crippen molar-refractivity contribution < 1.29 is 0 Å². The van der Waals surface area contributed by atoms with Crippen molar-refractivity contribution in [1.82, 2.24) is 4.90 Å². The van der Waals surface area contributed by atoms with Gasteiger partial charge in [0, 0.05) is 29.6 Å². The average Bonchev–Trinajstić information content (AvgIpc) is 2.23. The normalized spacial score (nSPS) is 32.2. The van der Waals surface area contributed by atoms with Crippen molar-refractivity contribution in [3.8, 4) is 0 Å². The standard InChI is InChI=1S/C14H22ClN/c1-11-10-14(2,3)16(9-8-15)13-7-5-4-6-12(11)13/h4-5,7,11-12H,6,8-10H2,1-3H3. The van der Waals surface area contributed by atoms with E-state index in [4.69, 9.17) is 11.6 Å². The first-order valence-corrected chi connectivity index (χ1v) is 6.80. The molecule has 0 N–H and O–H groups in total. The van der Waals surface area contributed by atoms with Crippen molar-refractivity contribution in [3.05, 3.63) is 23.9 Å². The molecule has 1 fully saturated rings. The Labute approximate surface area is 104 Å². The molecule has 1 nitrogen and oxygen atoms in total.